The Morgan fingerprint density at radius 3 is 2.29 bits per heavy atom. The van der Waals surface area contributed by atoms with Crippen molar-refractivity contribution in [3.8, 4) is 0 Å². The smallest absolute Gasteiger partial charge is 0.244 e. The van der Waals surface area contributed by atoms with Crippen LogP contribution in [0.3, 0.4) is 0 Å². The Kier molecular flexibility index (Phi) is 8.27. The average molecular weight is 443 g/mol. The highest BCUT2D eigenvalue weighted by Crippen LogP contribution is 2.23. The molecule has 0 aliphatic heterocycles. The van der Waals surface area contributed by atoms with E-state index in [4.69, 9.17) is 0 Å². The number of carbonyl (C=O) groups excluding carboxylic acids is 1. The first-order valence-corrected chi connectivity index (χ1v) is 12.7. The number of aryl methyl sites for hydroxylation is 2. The summed E-state index contributed by atoms with van der Waals surface area (Å²) >= 11 is 0. The van der Waals surface area contributed by atoms with Crippen molar-refractivity contribution in [3.05, 3.63) is 65.2 Å². The number of carbonyl (C=O) groups is 1. The molecular formula is C25H34N2O3S. The van der Waals surface area contributed by atoms with Crippen LogP contribution in [0.25, 0.3) is 0 Å². The maximum atomic E-state index is 13.6. The Morgan fingerprint density at radius 2 is 1.61 bits per heavy atom. The molecule has 0 bridgehead atoms. The highest BCUT2D eigenvalue weighted by molar-refractivity contribution is 7.89. The molecule has 0 saturated heterocycles. The van der Waals surface area contributed by atoms with E-state index in [-0.39, 0.29) is 29.9 Å². The van der Waals surface area contributed by atoms with Crippen LogP contribution in [-0.2, 0) is 21.4 Å². The van der Waals surface area contributed by atoms with E-state index in [0.29, 0.717) is 5.56 Å². The molecule has 0 spiro atoms. The summed E-state index contributed by atoms with van der Waals surface area (Å²) < 4.78 is 28.5. The van der Waals surface area contributed by atoms with Crippen LogP contribution in [0.2, 0.25) is 0 Å². The zero-order chi connectivity index (χ0) is 22.3. The fourth-order valence-electron chi connectivity index (χ4n) is 4.17. The molecule has 1 N–H and O–H groups in total. The predicted molar refractivity (Wildman–Crippen MR) is 124 cm³/mol. The van der Waals surface area contributed by atoms with E-state index in [9.17, 15) is 13.2 Å². The van der Waals surface area contributed by atoms with E-state index in [2.05, 4.69) is 5.32 Å². The summed E-state index contributed by atoms with van der Waals surface area (Å²) in [5.41, 5.74) is 2.42. The molecule has 2 aromatic carbocycles. The lowest BCUT2D eigenvalue weighted by Crippen LogP contribution is -2.44. The van der Waals surface area contributed by atoms with Crippen molar-refractivity contribution in [2.75, 3.05) is 6.54 Å². The van der Waals surface area contributed by atoms with Crippen molar-refractivity contribution < 1.29 is 13.2 Å². The van der Waals surface area contributed by atoms with E-state index in [0.717, 1.165) is 36.8 Å². The highest BCUT2D eigenvalue weighted by Gasteiger charge is 2.29. The highest BCUT2D eigenvalue weighted by atomic mass is 32.2. The van der Waals surface area contributed by atoms with Gasteiger partial charge in [-0.3, -0.25) is 4.79 Å². The van der Waals surface area contributed by atoms with Crippen LogP contribution in [0.5, 0.6) is 0 Å². The lowest BCUT2D eigenvalue weighted by molar-refractivity contribution is -0.122. The lowest BCUT2D eigenvalue weighted by atomic mass is 9.97. The van der Waals surface area contributed by atoms with Gasteiger partial charge in [0.05, 0.1) is 11.4 Å². The number of benzene rings is 2. The molecule has 1 aliphatic rings. The molecule has 0 heterocycles. The number of nitrogens with zero attached hydrogens (tertiary/aromatic N) is 1. The Hall–Kier alpha value is -2.18. The summed E-state index contributed by atoms with van der Waals surface area (Å²) in [4.78, 5) is 13.2. The number of amides is 1. The minimum absolute atomic E-state index is 0.134. The molecule has 1 aliphatic carbocycles. The molecule has 31 heavy (non-hydrogen) atoms. The van der Waals surface area contributed by atoms with Crippen LogP contribution in [-0.4, -0.2) is 31.2 Å². The average Bonchev–Trinajstić information content (AvgIpc) is 2.72. The SMILES string of the molecule is Cc1ccc(C)c(S(=O)(=O)N(CC(=O)NC2CCCCCCC2)Cc2ccccc2)c1. The second kappa shape index (κ2) is 10.9. The third-order valence-electron chi connectivity index (χ3n) is 5.95. The fourth-order valence-corrected chi connectivity index (χ4v) is 5.87. The molecule has 0 radical (unpaired) electrons. The Labute approximate surface area is 186 Å². The van der Waals surface area contributed by atoms with Crippen LogP contribution in [0.15, 0.2) is 53.4 Å². The first-order chi connectivity index (χ1) is 14.9. The van der Waals surface area contributed by atoms with Gasteiger partial charge < -0.3 is 5.32 Å². The fraction of sp³-hybridized carbons (Fsp3) is 0.480. The van der Waals surface area contributed by atoms with Crippen molar-refractivity contribution in [3.63, 3.8) is 0 Å². The Bertz CT molecular complexity index is 966. The van der Waals surface area contributed by atoms with Gasteiger partial charge in [-0.1, -0.05) is 74.6 Å². The molecule has 168 valence electrons. The molecule has 6 heteroatoms. The Morgan fingerprint density at radius 1 is 0.968 bits per heavy atom. The summed E-state index contributed by atoms with van der Waals surface area (Å²) in [6.07, 6.45) is 7.82. The molecule has 1 fully saturated rings. The number of sulfonamides is 1. The number of rotatable bonds is 7. The van der Waals surface area contributed by atoms with Crippen LogP contribution in [0.1, 0.15) is 61.6 Å². The predicted octanol–water partition coefficient (Wildman–Crippen LogP) is 4.72. The molecule has 1 amide bonds. The van der Waals surface area contributed by atoms with Crippen molar-refractivity contribution >= 4 is 15.9 Å². The number of nitrogens with one attached hydrogen (secondary N) is 1. The first kappa shape index (κ1) is 23.5. The summed E-state index contributed by atoms with van der Waals surface area (Å²) in [6.45, 7) is 3.65. The van der Waals surface area contributed by atoms with Gasteiger partial charge in [0.1, 0.15) is 0 Å². The monoisotopic (exact) mass is 442 g/mol. The molecule has 0 atom stereocenters. The maximum absolute atomic E-state index is 13.6. The van der Waals surface area contributed by atoms with E-state index in [1.807, 2.05) is 49.4 Å². The van der Waals surface area contributed by atoms with Gasteiger partial charge in [0.15, 0.2) is 0 Å². The standard InChI is InChI=1S/C25H34N2O3S/c1-20-15-16-21(2)24(17-20)31(29,30)27(18-22-11-7-6-8-12-22)19-25(28)26-23-13-9-4-3-5-10-14-23/h6-8,11-12,15-17,23H,3-5,9-10,13-14,18-19H2,1-2H3,(H,26,28). The molecular weight excluding hydrogens is 408 g/mol. The third-order valence-corrected chi connectivity index (χ3v) is 7.89. The maximum Gasteiger partial charge on any atom is 0.244 e. The van der Waals surface area contributed by atoms with Gasteiger partial charge in [0.25, 0.3) is 0 Å². The van der Waals surface area contributed by atoms with E-state index < -0.39 is 10.0 Å². The minimum Gasteiger partial charge on any atom is -0.352 e. The third kappa shape index (κ3) is 6.65. The normalized spacial score (nSPS) is 16.0. The van der Waals surface area contributed by atoms with Gasteiger partial charge in [0.2, 0.25) is 15.9 Å². The molecule has 1 saturated carbocycles. The van der Waals surface area contributed by atoms with Gasteiger partial charge in [-0.2, -0.15) is 4.31 Å². The van der Waals surface area contributed by atoms with Gasteiger partial charge in [0, 0.05) is 12.6 Å². The van der Waals surface area contributed by atoms with Crippen LogP contribution >= 0.6 is 0 Å². The largest absolute Gasteiger partial charge is 0.352 e. The summed E-state index contributed by atoms with van der Waals surface area (Å²) in [7, 11) is -3.83. The first-order valence-electron chi connectivity index (χ1n) is 11.3. The molecule has 0 unspecified atom stereocenters. The lowest BCUT2D eigenvalue weighted by Gasteiger charge is -2.25. The number of hydrogen-bond donors (Lipinski definition) is 1. The summed E-state index contributed by atoms with van der Waals surface area (Å²) in [5.74, 6) is -0.226. The van der Waals surface area contributed by atoms with E-state index in [1.54, 1.807) is 13.0 Å². The van der Waals surface area contributed by atoms with Crippen LogP contribution in [0, 0.1) is 13.8 Å². The van der Waals surface area contributed by atoms with Crippen molar-refractivity contribution in [1.29, 1.82) is 0 Å². The molecule has 5 nitrogen and oxygen atoms in total. The zero-order valence-electron chi connectivity index (χ0n) is 18.6. The van der Waals surface area contributed by atoms with E-state index >= 15 is 0 Å². The quantitative estimate of drug-likeness (QED) is 0.674. The van der Waals surface area contributed by atoms with E-state index in [1.165, 1.54) is 23.6 Å². The second-order valence-corrected chi connectivity index (χ2v) is 10.5. The van der Waals surface area contributed by atoms with Crippen molar-refractivity contribution in [2.45, 2.75) is 76.3 Å². The van der Waals surface area contributed by atoms with Crippen LogP contribution in [0.4, 0.5) is 0 Å². The summed E-state index contributed by atoms with van der Waals surface area (Å²) in [6, 6.07) is 15.0. The van der Waals surface area contributed by atoms with Gasteiger partial charge in [-0.15, -0.1) is 0 Å². The van der Waals surface area contributed by atoms with Gasteiger partial charge in [-0.25, -0.2) is 8.42 Å². The van der Waals surface area contributed by atoms with Gasteiger partial charge in [-0.05, 0) is 49.4 Å². The minimum atomic E-state index is -3.83. The van der Waals surface area contributed by atoms with Crippen molar-refractivity contribution in [1.82, 2.24) is 9.62 Å². The molecule has 2 aromatic rings. The number of hydrogen-bond acceptors (Lipinski definition) is 3. The molecule has 3 rings (SSSR count). The van der Waals surface area contributed by atoms with Crippen LogP contribution < -0.4 is 5.32 Å². The van der Waals surface area contributed by atoms with Crippen molar-refractivity contribution in [2.24, 2.45) is 0 Å². The summed E-state index contributed by atoms with van der Waals surface area (Å²) in [5, 5.41) is 3.11. The zero-order valence-corrected chi connectivity index (χ0v) is 19.5. The topological polar surface area (TPSA) is 66.5 Å². The second-order valence-electron chi connectivity index (χ2n) is 8.64. The molecule has 0 aromatic heterocycles. The van der Waals surface area contributed by atoms with Gasteiger partial charge >= 0.3 is 0 Å². The Balaban J connectivity index is 1.82.